The van der Waals surface area contributed by atoms with E-state index in [1.807, 2.05) is 43.3 Å². The van der Waals surface area contributed by atoms with Crippen LogP contribution in [0.25, 0.3) is 10.9 Å². The zero-order valence-corrected chi connectivity index (χ0v) is 18.5. The Morgan fingerprint density at radius 2 is 1.86 bits per heavy atom. The lowest BCUT2D eigenvalue weighted by Crippen LogP contribution is -2.20. The van der Waals surface area contributed by atoms with Crippen LogP contribution in [0, 0.1) is 0 Å². The van der Waals surface area contributed by atoms with Crippen molar-refractivity contribution in [2.75, 3.05) is 0 Å². The number of aromatic nitrogens is 1. The van der Waals surface area contributed by atoms with Gasteiger partial charge in [-0.25, -0.2) is 5.43 Å². The van der Waals surface area contributed by atoms with E-state index in [1.54, 1.807) is 0 Å². The summed E-state index contributed by atoms with van der Waals surface area (Å²) in [6, 6.07) is 16.1. The third kappa shape index (κ3) is 4.40. The van der Waals surface area contributed by atoms with E-state index in [0.717, 1.165) is 45.2 Å². The maximum absolute atomic E-state index is 13.0. The molecule has 0 bridgehead atoms. The SMILES string of the molecule is CC(=NNC(=O)c1cc(C2CC2)nc2ccc(Br)cc12)c1ccc(C(C)C)cc1. The van der Waals surface area contributed by atoms with Crippen molar-refractivity contribution in [1.82, 2.24) is 10.4 Å². The van der Waals surface area contributed by atoms with Crippen LogP contribution in [0.2, 0.25) is 0 Å². The molecule has 148 valence electrons. The molecule has 3 aromatic rings. The lowest BCUT2D eigenvalue weighted by molar-refractivity contribution is 0.0956. The molecule has 0 saturated heterocycles. The van der Waals surface area contributed by atoms with E-state index in [2.05, 4.69) is 52.4 Å². The number of nitrogens with one attached hydrogen (secondary N) is 1. The van der Waals surface area contributed by atoms with Gasteiger partial charge in [0.05, 0.1) is 16.8 Å². The standard InChI is InChI=1S/C24H24BrN3O/c1-14(2)16-4-6-17(7-5-16)15(3)27-28-24(29)21-13-23(18-8-9-18)26-22-11-10-19(25)12-20(21)22/h4-7,10-14,18H,8-9H2,1-3H3,(H,28,29). The zero-order chi connectivity index (χ0) is 20.5. The van der Waals surface area contributed by atoms with Crippen molar-refractivity contribution < 1.29 is 4.79 Å². The van der Waals surface area contributed by atoms with Gasteiger partial charge in [0.15, 0.2) is 0 Å². The Hall–Kier alpha value is -2.53. The van der Waals surface area contributed by atoms with Crippen LogP contribution in [0.5, 0.6) is 0 Å². The Morgan fingerprint density at radius 1 is 1.14 bits per heavy atom. The monoisotopic (exact) mass is 449 g/mol. The summed E-state index contributed by atoms with van der Waals surface area (Å²) in [6.07, 6.45) is 2.28. The van der Waals surface area contributed by atoms with E-state index < -0.39 is 0 Å². The maximum atomic E-state index is 13.0. The molecule has 1 aromatic heterocycles. The molecule has 0 radical (unpaired) electrons. The van der Waals surface area contributed by atoms with E-state index in [-0.39, 0.29) is 5.91 Å². The highest BCUT2D eigenvalue weighted by atomic mass is 79.9. The summed E-state index contributed by atoms with van der Waals surface area (Å²) in [4.78, 5) is 17.7. The average molecular weight is 450 g/mol. The van der Waals surface area contributed by atoms with Crippen LogP contribution in [0.15, 0.2) is 58.1 Å². The fraction of sp³-hybridized carbons (Fsp3) is 0.292. The second-order valence-electron chi connectivity index (χ2n) is 7.95. The van der Waals surface area contributed by atoms with Gasteiger partial charge < -0.3 is 0 Å². The summed E-state index contributed by atoms with van der Waals surface area (Å²) in [5.74, 6) is 0.746. The highest BCUT2D eigenvalue weighted by molar-refractivity contribution is 9.10. The molecule has 0 spiro atoms. The van der Waals surface area contributed by atoms with Crippen LogP contribution in [0.1, 0.15) is 72.6 Å². The number of hydrazone groups is 1. The molecule has 2 aromatic carbocycles. The van der Waals surface area contributed by atoms with Gasteiger partial charge in [0.2, 0.25) is 0 Å². The van der Waals surface area contributed by atoms with E-state index in [4.69, 9.17) is 4.98 Å². The molecule has 0 atom stereocenters. The van der Waals surface area contributed by atoms with Gasteiger partial charge in [-0.05, 0) is 61.1 Å². The number of hydrogen-bond donors (Lipinski definition) is 1. The Balaban J connectivity index is 1.61. The number of carbonyl (C=O) groups is 1. The van der Waals surface area contributed by atoms with E-state index >= 15 is 0 Å². The summed E-state index contributed by atoms with van der Waals surface area (Å²) < 4.78 is 0.921. The van der Waals surface area contributed by atoms with Crippen LogP contribution in [-0.2, 0) is 0 Å². The quantitative estimate of drug-likeness (QED) is 0.374. The summed E-state index contributed by atoms with van der Waals surface area (Å²) in [5.41, 5.74) is 8.24. The molecule has 1 N–H and O–H groups in total. The number of hydrogen-bond acceptors (Lipinski definition) is 3. The van der Waals surface area contributed by atoms with Crippen LogP contribution < -0.4 is 5.43 Å². The van der Waals surface area contributed by atoms with Crippen LogP contribution in [-0.4, -0.2) is 16.6 Å². The number of halogens is 1. The molecule has 29 heavy (non-hydrogen) atoms. The lowest BCUT2D eigenvalue weighted by Gasteiger charge is -2.10. The molecule has 5 heteroatoms. The van der Waals surface area contributed by atoms with Crippen molar-refractivity contribution >= 4 is 38.5 Å². The van der Waals surface area contributed by atoms with Gasteiger partial charge in [-0.15, -0.1) is 0 Å². The van der Waals surface area contributed by atoms with Crippen molar-refractivity contribution in [3.8, 4) is 0 Å². The number of pyridine rings is 1. The summed E-state index contributed by atoms with van der Waals surface area (Å²) in [5, 5.41) is 5.18. The molecule has 1 aliphatic rings. The van der Waals surface area contributed by atoms with Crippen LogP contribution >= 0.6 is 15.9 Å². The number of fused-ring (bicyclic) bond motifs is 1. The van der Waals surface area contributed by atoms with Crippen molar-refractivity contribution in [2.24, 2.45) is 5.10 Å². The largest absolute Gasteiger partial charge is 0.272 e. The molecular formula is C24H24BrN3O. The van der Waals surface area contributed by atoms with Gasteiger partial charge in [0.1, 0.15) is 0 Å². The summed E-state index contributed by atoms with van der Waals surface area (Å²) >= 11 is 3.50. The van der Waals surface area contributed by atoms with Gasteiger partial charge in [-0.1, -0.05) is 54.0 Å². The molecule has 1 heterocycles. The number of amides is 1. The number of rotatable bonds is 5. The topological polar surface area (TPSA) is 54.4 Å². The molecule has 0 aliphatic heterocycles. The first-order valence-electron chi connectivity index (χ1n) is 9.97. The predicted octanol–water partition coefficient (Wildman–Crippen LogP) is 6.15. The summed E-state index contributed by atoms with van der Waals surface area (Å²) in [7, 11) is 0. The third-order valence-electron chi connectivity index (χ3n) is 5.35. The first kappa shape index (κ1) is 19.8. The highest BCUT2D eigenvalue weighted by Gasteiger charge is 2.27. The average Bonchev–Trinajstić information content (AvgIpc) is 3.56. The lowest BCUT2D eigenvalue weighted by atomic mass is 10.0. The fourth-order valence-corrected chi connectivity index (χ4v) is 3.72. The first-order valence-corrected chi connectivity index (χ1v) is 10.8. The summed E-state index contributed by atoms with van der Waals surface area (Å²) in [6.45, 7) is 6.24. The minimum atomic E-state index is -0.212. The number of nitrogens with zero attached hydrogens (tertiary/aromatic N) is 2. The Morgan fingerprint density at radius 3 is 2.52 bits per heavy atom. The van der Waals surface area contributed by atoms with Gasteiger partial charge in [-0.3, -0.25) is 9.78 Å². The maximum Gasteiger partial charge on any atom is 0.272 e. The van der Waals surface area contributed by atoms with Gasteiger partial charge in [0.25, 0.3) is 5.91 Å². The van der Waals surface area contributed by atoms with E-state index in [0.29, 0.717) is 17.4 Å². The second-order valence-corrected chi connectivity index (χ2v) is 8.86. The normalized spacial score (nSPS) is 14.4. The number of carbonyl (C=O) groups excluding carboxylic acids is 1. The van der Waals surface area contributed by atoms with Crippen molar-refractivity contribution in [3.63, 3.8) is 0 Å². The van der Waals surface area contributed by atoms with Crippen molar-refractivity contribution in [3.05, 3.63) is 75.4 Å². The molecule has 4 rings (SSSR count). The minimum absolute atomic E-state index is 0.212. The van der Waals surface area contributed by atoms with E-state index in [1.165, 1.54) is 5.56 Å². The second kappa shape index (κ2) is 8.07. The smallest absolute Gasteiger partial charge is 0.267 e. The first-order chi connectivity index (χ1) is 13.9. The third-order valence-corrected chi connectivity index (χ3v) is 5.84. The van der Waals surface area contributed by atoms with Crippen molar-refractivity contribution in [2.45, 2.75) is 45.4 Å². The van der Waals surface area contributed by atoms with Gasteiger partial charge in [-0.2, -0.15) is 5.10 Å². The van der Waals surface area contributed by atoms with Crippen LogP contribution in [0.4, 0.5) is 0 Å². The Labute approximate surface area is 179 Å². The zero-order valence-electron chi connectivity index (χ0n) is 16.9. The molecule has 1 amide bonds. The van der Waals surface area contributed by atoms with Gasteiger partial charge >= 0.3 is 0 Å². The predicted molar refractivity (Wildman–Crippen MR) is 122 cm³/mol. The molecule has 1 saturated carbocycles. The van der Waals surface area contributed by atoms with Crippen LogP contribution in [0.3, 0.4) is 0 Å². The molecule has 1 aliphatic carbocycles. The molecule has 0 unspecified atom stereocenters. The molecule has 1 fully saturated rings. The van der Waals surface area contributed by atoms with E-state index in [9.17, 15) is 4.79 Å². The molecule has 4 nitrogen and oxygen atoms in total. The Kier molecular flexibility index (Phi) is 5.50. The highest BCUT2D eigenvalue weighted by Crippen LogP contribution is 2.40. The Bertz CT molecular complexity index is 1100. The molecular weight excluding hydrogens is 426 g/mol. The van der Waals surface area contributed by atoms with Crippen molar-refractivity contribution in [1.29, 1.82) is 0 Å². The minimum Gasteiger partial charge on any atom is -0.267 e. The van der Waals surface area contributed by atoms with Gasteiger partial charge in [0, 0.05) is 21.5 Å². The number of benzene rings is 2. The fourth-order valence-electron chi connectivity index (χ4n) is 3.36.